The molecule has 10 aromatic carbocycles. The van der Waals surface area contributed by atoms with Crippen LogP contribution in [0.15, 0.2) is 243 Å². The van der Waals surface area contributed by atoms with Gasteiger partial charge in [0.15, 0.2) is 0 Å². The standard InChI is InChI=1S/C69H52N2/c1-5-21-64-56(6-2)57-30-12-15-35-65(57)70(64)54-28-20-27-53(44-54)69-61-34-11-10-33-60(61)68(52-26-19-29-55(43-52)71-66-36-16-13-31-58(66)59-32-14-17-37-67(59)71)62-41-40-51(45-63(62)69)50-25-18-24-49(42-50)47(4)39-38-46(3)48-22-8-7-9-23-48/h5-45H,2H2,1,3-4H3/b21-5-,46-38+,47-39+. The van der Waals surface area contributed by atoms with Crippen LogP contribution in [-0.2, 0) is 0 Å². The molecular weight excluding hydrogens is 857 g/mol. The van der Waals surface area contributed by atoms with E-state index in [0.29, 0.717) is 0 Å². The fourth-order valence-corrected chi connectivity index (χ4v) is 11.0. The normalized spacial score (nSPS) is 12.3. The topological polar surface area (TPSA) is 9.86 Å². The maximum Gasteiger partial charge on any atom is 0.0541 e. The molecule has 0 bridgehead atoms. The van der Waals surface area contributed by atoms with Gasteiger partial charge in [0.1, 0.15) is 0 Å². The monoisotopic (exact) mass is 908 g/mol. The van der Waals surface area contributed by atoms with Gasteiger partial charge in [-0.3, -0.25) is 0 Å². The highest BCUT2D eigenvalue weighted by molar-refractivity contribution is 6.22. The summed E-state index contributed by atoms with van der Waals surface area (Å²) in [5, 5.41) is 8.51. The van der Waals surface area contributed by atoms with Gasteiger partial charge in [0, 0.05) is 33.1 Å². The molecule has 12 rings (SSSR count). The largest absolute Gasteiger partial charge is 0.309 e. The first-order valence-electron chi connectivity index (χ1n) is 24.6. The van der Waals surface area contributed by atoms with E-state index < -0.39 is 0 Å². The molecule has 71 heavy (non-hydrogen) atoms. The van der Waals surface area contributed by atoms with Crippen LogP contribution in [0.3, 0.4) is 0 Å². The molecule has 2 aromatic heterocycles. The van der Waals surface area contributed by atoms with E-state index in [1.807, 2.05) is 6.08 Å². The Morgan fingerprint density at radius 1 is 0.380 bits per heavy atom. The molecule has 0 aliphatic heterocycles. The third-order valence-corrected chi connectivity index (χ3v) is 14.3. The molecule has 0 saturated carbocycles. The van der Waals surface area contributed by atoms with Crippen LogP contribution >= 0.6 is 0 Å². The number of hydrogen-bond acceptors (Lipinski definition) is 0. The Balaban J connectivity index is 1.09. The smallest absolute Gasteiger partial charge is 0.0541 e. The molecule has 0 N–H and O–H groups in total. The lowest BCUT2D eigenvalue weighted by Crippen LogP contribution is -1.98. The lowest BCUT2D eigenvalue weighted by molar-refractivity contribution is 1.11. The predicted molar refractivity (Wildman–Crippen MR) is 307 cm³/mol. The third-order valence-electron chi connectivity index (χ3n) is 14.3. The summed E-state index contributed by atoms with van der Waals surface area (Å²) < 4.78 is 4.81. The second kappa shape index (κ2) is 18.2. The molecule has 0 radical (unpaired) electrons. The van der Waals surface area contributed by atoms with E-state index in [9.17, 15) is 0 Å². The highest BCUT2D eigenvalue weighted by Crippen LogP contribution is 2.46. The van der Waals surface area contributed by atoms with Gasteiger partial charge in [-0.1, -0.05) is 195 Å². The molecule has 0 fully saturated rings. The van der Waals surface area contributed by atoms with E-state index in [2.05, 4.69) is 279 Å². The Morgan fingerprint density at radius 3 is 1.46 bits per heavy atom. The first-order valence-corrected chi connectivity index (χ1v) is 24.6. The Morgan fingerprint density at radius 2 is 0.845 bits per heavy atom. The zero-order chi connectivity index (χ0) is 48.0. The van der Waals surface area contributed by atoms with Gasteiger partial charge in [-0.05, 0) is 159 Å². The summed E-state index contributed by atoms with van der Waals surface area (Å²) in [7, 11) is 0. The van der Waals surface area contributed by atoms with Gasteiger partial charge in [0.2, 0.25) is 0 Å². The molecule has 0 amide bonds. The molecule has 12 aromatic rings. The molecule has 0 atom stereocenters. The molecule has 0 aliphatic rings. The summed E-state index contributed by atoms with van der Waals surface area (Å²) >= 11 is 0. The maximum atomic E-state index is 4.27. The van der Waals surface area contributed by atoms with Gasteiger partial charge in [-0.15, -0.1) is 0 Å². The highest BCUT2D eigenvalue weighted by Gasteiger charge is 2.21. The second-order valence-corrected chi connectivity index (χ2v) is 18.5. The van der Waals surface area contributed by atoms with Crippen molar-refractivity contribution in [1.29, 1.82) is 0 Å². The molecule has 0 saturated heterocycles. The van der Waals surface area contributed by atoms with Gasteiger partial charge in [0.05, 0.1) is 22.2 Å². The van der Waals surface area contributed by atoms with Crippen molar-refractivity contribution in [2.24, 2.45) is 0 Å². The van der Waals surface area contributed by atoms with Crippen LogP contribution in [0.2, 0.25) is 0 Å². The van der Waals surface area contributed by atoms with E-state index >= 15 is 0 Å². The van der Waals surface area contributed by atoms with Crippen molar-refractivity contribution in [1.82, 2.24) is 9.13 Å². The minimum atomic E-state index is 1.10. The van der Waals surface area contributed by atoms with Gasteiger partial charge in [-0.25, -0.2) is 0 Å². The average Bonchev–Trinajstić information content (AvgIpc) is 3.94. The first-order chi connectivity index (χ1) is 35.0. The summed E-state index contributed by atoms with van der Waals surface area (Å²) in [6.45, 7) is 10.7. The quantitative estimate of drug-likeness (QED) is 0.0956. The number of rotatable bonds is 10. The minimum absolute atomic E-state index is 1.10. The number of fused-ring (bicyclic) bond motifs is 6. The molecule has 2 nitrogen and oxygen atoms in total. The Hall–Kier alpha value is -8.98. The summed E-state index contributed by atoms with van der Waals surface area (Å²) in [4.78, 5) is 0. The van der Waals surface area contributed by atoms with Crippen LogP contribution in [0.25, 0.3) is 122 Å². The van der Waals surface area contributed by atoms with Crippen molar-refractivity contribution in [2.75, 3.05) is 0 Å². The minimum Gasteiger partial charge on any atom is -0.309 e. The van der Waals surface area contributed by atoms with E-state index in [-0.39, 0.29) is 0 Å². The zero-order valence-corrected chi connectivity index (χ0v) is 40.3. The number of aromatic nitrogens is 2. The van der Waals surface area contributed by atoms with E-state index in [1.165, 1.54) is 98.8 Å². The van der Waals surface area contributed by atoms with Crippen molar-refractivity contribution < 1.29 is 0 Å². The van der Waals surface area contributed by atoms with E-state index in [1.54, 1.807) is 0 Å². The molecule has 2 heterocycles. The van der Waals surface area contributed by atoms with Crippen LogP contribution in [0.1, 0.15) is 43.2 Å². The molecule has 338 valence electrons. The van der Waals surface area contributed by atoms with Crippen LogP contribution in [0.5, 0.6) is 0 Å². The molecule has 0 aliphatic carbocycles. The van der Waals surface area contributed by atoms with E-state index in [0.717, 1.165) is 33.7 Å². The highest BCUT2D eigenvalue weighted by atomic mass is 15.0. The molecule has 0 unspecified atom stereocenters. The molecular formula is C69H52N2. The zero-order valence-electron chi connectivity index (χ0n) is 40.3. The van der Waals surface area contributed by atoms with Crippen molar-refractivity contribution >= 4 is 77.6 Å². The summed E-state index contributed by atoms with van der Waals surface area (Å²) in [5.41, 5.74) is 20.0. The SMILES string of the molecule is C=Cc1c(/C=C\C)n(-c2cccc(-c3c4ccccc4c(-c4cccc(-n5c6ccccc6c6ccccc65)c4)c4ccc(-c5cccc(/C(C)=C/C=C(\C)c6ccccc6)c5)cc34)c2)c2ccccc12. The average molecular weight is 909 g/mol. The van der Waals surface area contributed by atoms with Crippen molar-refractivity contribution in [2.45, 2.75) is 20.8 Å². The number of hydrogen-bond donors (Lipinski definition) is 0. The maximum absolute atomic E-state index is 4.27. The summed E-state index contributed by atoms with van der Waals surface area (Å²) in [6.07, 6.45) is 10.8. The van der Waals surface area contributed by atoms with Gasteiger partial charge in [0.25, 0.3) is 0 Å². The number of benzene rings is 10. The van der Waals surface area contributed by atoms with Crippen LogP contribution in [-0.4, -0.2) is 9.13 Å². The van der Waals surface area contributed by atoms with Crippen LogP contribution < -0.4 is 0 Å². The van der Waals surface area contributed by atoms with Crippen molar-refractivity contribution in [3.63, 3.8) is 0 Å². The fourth-order valence-electron chi connectivity index (χ4n) is 11.0. The van der Waals surface area contributed by atoms with Gasteiger partial charge in [-0.2, -0.15) is 0 Å². The Bertz CT molecular complexity index is 4100. The summed E-state index contributed by atoms with van der Waals surface area (Å²) in [6, 6.07) is 80.1. The first kappa shape index (κ1) is 43.3. The lowest BCUT2D eigenvalue weighted by atomic mass is 9.84. The summed E-state index contributed by atoms with van der Waals surface area (Å²) in [5.74, 6) is 0. The van der Waals surface area contributed by atoms with Crippen molar-refractivity contribution in [3.8, 4) is 44.8 Å². The molecule has 2 heteroatoms. The number of nitrogens with zero attached hydrogens (tertiary/aromatic N) is 2. The lowest BCUT2D eigenvalue weighted by Gasteiger charge is -2.20. The predicted octanol–water partition coefficient (Wildman–Crippen LogP) is 19.2. The van der Waals surface area contributed by atoms with Crippen LogP contribution in [0.4, 0.5) is 0 Å². The Labute approximate surface area is 415 Å². The second-order valence-electron chi connectivity index (χ2n) is 18.5. The Kier molecular flexibility index (Phi) is 11.1. The fraction of sp³-hybridized carbons (Fsp3) is 0.0435. The number of para-hydroxylation sites is 3. The van der Waals surface area contributed by atoms with E-state index in [4.69, 9.17) is 0 Å². The van der Waals surface area contributed by atoms with Crippen molar-refractivity contribution in [3.05, 3.63) is 266 Å². The van der Waals surface area contributed by atoms with Gasteiger partial charge < -0.3 is 9.13 Å². The number of allylic oxidation sites excluding steroid dienone is 5. The van der Waals surface area contributed by atoms with Gasteiger partial charge >= 0.3 is 0 Å². The molecule has 0 spiro atoms. The third kappa shape index (κ3) is 7.53. The van der Waals surface area contributed by atoms with Crippen LogP contribution in [0, 0.1) is 0 Å².